The molecule has 0 aromatic heterocycles. The molecule has 134 valence electrons. The van der Waals surface area contributed by atoms with Crippen molar-refractivity contribution in [1.29, 1.82) is 0 Å². The molecule has 0 unspecified atom stereocenters. The summed E-state index contributed by atoms with van der Waals surface area (Å²) in [4.78, 5) is -3.09. The smallest absolute Gasteiger partial charge is 0.206 e. The molecule has 0 aliphatic carbocycles. The van der Waals surface area contributed by atoms with Gasteiger partial charge in [-0.3, -0.25) is 0 Å². The van der Waals surface area contributed by atoms with Gasteiger partial charge >= 0.3 is 4.83 Å². The molecule has 0 saturated heterocycles. The minimum atomic E-state index is -3.09. The van der Waals surface area contributed by atoms with Gasteiger partial charge in [-0.2, -0.15) is 8.78 Å². The van der Waals surface area contributed by atoms with E-state index in [9.17, 15) is 13.2 Å². The van der Waals surface area contributed by atoms with E-state index in [0.29, 0.717) is 11.1 Å². The first-order valence-corrected chi connectivity index (χ1v) is 9.24. The molecule has 0 heterocycles. The standard InChI is InChI=1S/C22H18BrF3/c1-2-3-15-4-6-16(7-5-15)18-10-13-20(21(24)14-18)17-8-11-19(12-9-17)22(23,25)26/h4-14H,2-3H2,1H3. The molecule has 0 spiro atoms. The van der Waals surface area contributed by atoms with Gasteiger partial charge in [0.15, 0.2) is 0 Å². The lowest BCUT2D eigenvalue weighted by molar-refractivity contribution is 0.114. The summed E-state index contributed by atoms with van der Waals surface area (Å²) in [6.07, 6.45) is 2.11. The van der Waals surface area contributed by atoms with Crippen molar-refractivity contribution in [3.63, 3.8) is 0 Å². The van der Waals surface area contributed by atoms with E-state index in [2.05, 4.69) is 35.0 Å². The molecule has 0 amide bonds. The van der Waals surface area contributed by atoms with Crippen molar-refractivity contribution in [2.45, 2.75) is 24.6 Å². The Labute approximate surface area is 159 Å². The van der Waals surface area contributed by atoms with E-state index in [1.165, 1.54) is 35.9 Å². The number of halogens is 4. The van der Waals surface area contributed by atoms with Gasteiger partial charge in [0.05, 0.1) is 0 Å². The zero-order valence-corrected chi connectivity index (χ0v) is 15.9. The molecule has 3 rings (SSSR count). The van der Waals surface area contributed by atoms with Gasteiger partial charge < -0.3 is 0 Å². The molecular weight excluding hydrogens is 401 g/mol. The first kappa shape index (κ1) is 18.7. The third-order valence-corrected chi connectivity index (χ3v) is 4.78. The minimum Gasteiger partial charge on any atom is -0.206 e. The van der Waals surface area contributed by atoms with Crippen LogP contribution in [0.25, 0.3) is 22.3 Å². The molecule has 0 saturated carbocycles. The highest BCUT2D eigenvalue weighted by Crippen LogP contribution is 2.36. The van der Waals surface area contributed by atoms with Gasteiger partial charge in [-0.1, -0.05) is 74.0 Å². The molecule has 3 aromatic carbocycles. The highest BCUT2D eigenvalue weighted by Gasteiger charge is 2.26. The summed E-state index contributed by atoms with van der Waals surface area (Å²) >= 11 is 2.32. The maximum absolute atomic E-state index is 14.6. The van der Waals surface area contributed by atoms with Gasteiger partial charge in [-0.15, -0.1) is 0 Å². The van der Waals surface area contributed by atoms with Crippen LogP contribution < -0.4 is 0 Å². The maximum Gasteiger partial charge on any atom is 0.326 e. The van der Waals surface area contributed by atoms with E-state index in [4.69, 9.17) is 0 Å². The second kappa shape index (κ2) is 7.67. The second-order valence-corrected chi connectivity index (χ2v) is 7.21. The Kier molecular flexibility index (Phi) is 5.52. The fourth-order valence-electron chi connectivity index (χ4n) is 2.92. The lowest BCUT2D eigenvalue weighted by Crippen LogP contribution is -2.01. The van der Waals surface area contributed by atoms with Gasteiger partial charge in [0.2, 0.25) is 0 Å². The van der Waals surface area contributed by atoms with Crippen molar-refractivity contribution in [3.8, 4) is 22.3 Å². The van der Waals surface area contributed by atoms with Gasteiger partial charge in [-0.25, -0.2) is 4.39 Å². The quantitative estimate of drug-likeness (QED) is 0.375. The van der Waals surface area contributed by atoms with Crippen LogP contribution in [-0.2, 0) is 11.3 Å². The van der Waals surface area contributed by atoms with Crippen LogP contribution in [0.4, 0.5) is 13.2 Å². The molecule has 4 heteroatoms. The van der Waals surface area contributed by atoms with Crippen LogP contribution in [0.3, 0.4) is 0 Å². The third-order valence-electron chi connectivity index (χ3n) is 4.32. The summed E-state index contributed by atoms with van der Waals surface area (Å²) in [6, 6.07) is 18.7. The van der Waals surface area contributed by atoms with Crippen molar-refractivity contribution in [3.05, 3.63) is 83.7 Å². The normalized spacial score (nSPS) is 11.6. The summed E-state index contributed by atoms with van der Waals surface area (Å²) in [5.74, 6) is -0.376. The van der Waals surface area contributed by atoms with E-state index < -0.39 is 4.83 Å². The summed E-state index contributed by atoms with van der Waals surface area (Å²) in [6.45, 7) is 2.13. The molecule has 0 aliphatic rings. The molecule has 0 nitrogen and oxygen atoms in total. The highest BCUT2D eigenvalue weighted by atomic mass is 79.9. The molecule has 0 fully saturated rings. The summed E-state index contributed by atoms with van der Waals surface area (Å²) in [5.41, 5.74) is 3.79. The molecule has 0 N–H and O–H groups in total. The van der Waals surface area contributed by atoms with Crippen molar-refractivity contribution in [2.75, 3.05) is 0 Å². The van der Waals surface area contributed by atoms with Crippen LogP contribution in [0, 0.1) is 5.82 Å². The lowest BCUT2D eigenvalue weighted by Gasteiger charge is -2.11. The van der Waals surface area contributed by atoms with Crippen molar-refractivity contribution < 1.29 is 13.2 Å². The monoisotopic (exact) mass is 418 g/mol. The number of rotatable bonds is 5. The van der Waals surface area contributed by atoms with Gasteiger partial charge in [0.25, 0.3) is 0 Å². The average molecular weight is 419 g/mol. The number of aryl methyl sites for hydroxylation is 1. The van der Waals surface area contributed by atoms with Gasteiger partial charge in [0.1, 0.15) is 5.82 Å². The summed E-state index contributed by atoms with van der Waals surface area (Å²) < 4.78 is 41.1. The Hall–Kier alpha value is -2.07. The fourth-order valence-corrected chi connectivity index (χ4v) is 3.18. The van der Waals surface area contributed by atoms with E-state index in [1.807, 2.05) is 18.2 Å². The summed E-state index contributed by atoms with van der Waals surface area (Å²) in [7, 11) is 0. The molecular formula is C22H18BrF3. The van der Waals surface area contributed by atoms with Crippen LogP contribution in [0.2, 0.25) is 0 Å². The number of benzene rings is 3. The van der Waals surface area contributed by atoms with Gasteiger partial charge in [-0.05, 0) is 50.7 Å². The zero-order chi connectivity index (χ0) is 18.7. The van der Waals surface area contributed by atoms with Crippen molar-refractivity contribution >= 4 is 15.9 Å². The Morgan fingerprint density at radius 3 is 1.92 bits per heavy atom. The van der Waals surface area contributed by atoms with Crippen LogP contribution >= 0.6 is 15.9 Å². The predicted octanol–water partition coefficient (Wildman–Crippen LogP) is 7.56. The van der Waals surface area contributed by atoms with E-state index in [0.717, 1.165) is 24.0 Å². The molecule has 26 heavy (non-hydrogen) atoms. The van der Waals surface area contributed by atoms with Crippen LogP contribution in [0.15, 0.2) is 66.7 Å². The Bertz CT molecular complexity index is 879. The van der Waals surface area contributed by atoms with Crippen LogP contribution in [0.5, 0.6) is 0 Å². The molecule has 0 atom stereocenters. The van der Waals surface area contributed by atoms with E-state index >= 15 is 0 Å². The fraction of sp³-hybridized carbons (Fsp3) is 0.182. The van der Waals surface area contributed by atoms with Crippen LogP contribution in [0.1, 0.15) is 24.5 Å². The topological polar surface area (TPSA) is 0 Å². The Balaban J connectivity index is 1.87. The zero-order valence-electron chi connectivity index (χ0n) is 14.3. The number of hydrogen-bond acceptors (Lipinski definition) is 0. The first-order chi connectivity index (χ1) is 12.4. The summed E-state index contributed by atoms with van der Waals surface area (Å²) in [5, 5.41) is 0. The minimum absolute atomic E-state index is 0.162. The van der Waals surface area contributed by atoms with Crippen molar-refractivity contribution in [1.82, 2.24) is 0 Å². The third kappa shape index (κ3) is 4.18. The Morgan fingerprint density at radius 1 is 0.808 bits per heavy atom. The SMILES string of the molecule is CCCc1ccc(-c2ccc(-c3ccc(C(F)(F)Br)cc3)c(F)c2)cc1. The second-order valence-electron chi connectivity index (χ2n) is 6.22. The highest BCUT2D eigenvalue weighted by molar-refractivity contribution is 9.09. The molecule has 0 aliphatic heterocycles. The predicted molar refractivity (Wildman–Crippen MR) is 104 cm³/mol. The van der Waals surface area contributed by atoms with Crippen molar-refractivity contribution in [2.24, 2.45) is 0 Å². The number of alkyl halides is 3. The average Bonchev–Trinajstić information content (AvgIpc) is 2.62. The Morgan fingerprint density at radius 2 is 1.38 bits per heavy atom. The molecule has 0 radical (unpaired) electrons. The van der Waals surface area contributed by atoms with Gasteiger partial charge in [0, 0.05) is 11.1 Å². The van der Waals surface area contributed by atoms with E-state index in [1.54, 1.807) is 6.07 Å². The molecule has 3 aromatic rings. The van der Waals surface area contributed by atoms with Crippen LogP contribution in [-0.4, -0.2) is 0 Å². The lowest BCUT2D eigenvalue weighted by atomic mass is 9.98. The first-order valence-electron chi connectivity index (χ1n) is 8.45. The number of hydrogen-bond donors (Lipinski definition) is 0. The largest absolute Gasteiger partial charge is 0.326 e. The molecule has 0 bridgehead atoms. The van der Waals surface area contributed by atoms with E-state index in [-0.39, 0.29) is 11.4 Å². The maximum atomic E-state index is 14.6.